The third kappa shape index (κ3) is 3.48. The molecule has 2 aromatic heterocycles. The minimum Gasteiger partial charge on any atom is -0.362 e. The van der Waals surface area contributed by atoms with Crippen LogP contribution in [0.4, 0.5) is 5.82 Å². The molecular weight excluding hydrogens is 314 g/mol. The summed E-state index contributed by atoms with van der Waals surface area (Å²) in [6.45, 7) is 5.33. The van der Waals surface area contributed by atoms with Gasteiger partial charge in [0.05, 0.1) is 12.2 Å². The predicted octanol–water partition coefficient (Wildman–Crippen LogP) is 2.54. The molecule has 25 heavy (non-hydrogen) atoms. The van der Waals surface area contributed by atoms with E-state index in [9.17, 15) is 4.79 Å². The third-order valence-corrected chi connectivity index (χ3v) is 4.75. The van der Waals surface area contributed by atoms with Gasteiger partial charge in [0, 0.05) is 50.1 Å². The molecule has 6 heteroatoms. The van der Waals surface area contributed by atoms with E-state index in [1.54, 1.807) is 12.4 Å². The van der Waals surface area contributed by atoms with Crippen molar-refractivity contribution >= 4 is 11.7 Å². The van der Waals surface area contributed by atoms with Crippen molar-refractivity contribution in [3.8, 4) is 11.4 Å². The highest BCUT2D eigenvalue weighted by molar-refractivity contribution is 5.79. The van der Waals surface area contributed by atoms with Crippen LogP contribution >= 0.6 is 0 Å². The van der Waals surface area contributed by atoms with E-state index < -0.39 is 0 Å². The monoisotopic (exact) mass is 339 g/mol. The summed E-state index contributed by atoms with van der Waals surface area (Å²) in [5, 5.41) is 0. The van der Waals surface area contributed by atoms with Crippen LogP contribution in [-0.4, -0.2) is 46.4 Å². The molecule has 132 valence electrons. The lowest BCUT2D eigenvalue weighted by Crippen LogP contribution is -2.40. The Hall–Kier alpha value is -2.50. The van der Waals surface area contributed by atoms with Crippen LogP contribution in [0.15, 0.2) is 24.5 Å². The van der Waals surface area contributed by atoms with Gasteiger partial charge in [0.1, 0.15) is 5.82 Å². The molecule has 0 aliphatic carbocycles. The van der Waals surface area contributed by atoms with Gasteiger partial charge in [-0.05, 0) is 25.0 Å². The van der Waals surface area contributed by atoms with E-state index in [1.165, 1.54) is 0 Å². The molecule has 0 saturated carbocycles. The van der Waals surface area contributed by atoms with Gasteiger partial charge in [-0.1, -0.05) is 13.8 Å². The summed E-state index contributed by atoms with van der Waals surface area (Å²) in [5.74, 6) is 1.88. The van der Waals surface area contributed by atoms with E-state index in [2.05, 4.69) is 4.98 Å². The summed E-state index contributed by atoms with van der Waals surface area (Å²) in [7, 11) is 3.99. The lowest BCUT2D eigenvalue weighted by molar-refractivity contribution is -0.136. The fraction of sp³-hybridized carbons (Fsp3) is 0.474. The van der Waals surface area contributed by atoms with E-state index in [-0.39, 0.29) is 11.8 Å². The number of amides is 1. The van der Waals surface area contributed by atoms with E-state index in [1.807, 2.05) is 49.9 Å². The number of carbonyl (C=O) groups is 1. The highest BCUT2D eigenvalue weighted by Gasteiger charge is 2.28. The van der Waals surface area contributed by atoms with Crippen LogP contribution < -0.4 is 4.90 Å². The summed E-state index contributed by atoms with van der Waals surface area (Å²) < 4.78 is 0. The number of anilines is 1. The molecular formula is C19H25N5O. The van der Waals surface area contributed by atoms with Crippen LogP contribution in [0.2, 0.25) is 0 Å². The fourth-order valence-corrected chi connectivity index (χ4v) is 3.09. The van der Waals surface area contributed by atoms with Crippen molar-refractivity contribution in [1.82, 2.24) is 19.9 Å². The molecule has 1 aliphatic heterocycles. The van der Waals surface area contributed by atoms with Crippen LogP contribution in [0, 0.1) is 5.92 Å². The summed E-state index contributed by atoms with van der Waals surface area (Å²) in [4.78, 5) is 30.1. The van der Waals surface area contributed by atoms with Crippen molar-refractivity contribution in [2.75, 3.05) is 25.5 Å². The molecule has 0 fully saturated rings. The Morgan fingerprint density at radius 3 is 2.64 bits per heavy atom. The Balaban J connectivity index is 2.00. The van der Waals surface area contributed by atoms with Crippen LogP contribution in [0.1, 0.15) is 31.5 Å². The first-order chi connectivity index (χ1) is 12.0. The van der Waals surface area contributed by atoms with Gasteiger partial charge < -0.3 is 9.80 Å². The van der Waals surface area contributed by atoms with Crippen LogP contribution in [0.3, 0.4) is 0 Å². The molecule has 0 N–H and O–H groups in total. The number of aromatic nitrogens is 3. The largest absolute Gasteiger partial charge is 0.362 e. The van der Waals surface area contributed by atoms with Crippen LogP contribution in [0.25, 0.3) is 11.4 Å². The number of carbonyl (C=O) groups excluding carboxylic acids is 1. The topological polar surface area (TPSA) is 62.2 Å². The number of rotatable bonds is 4. The zero-order valence-corrected chi connectivity index (χ0v) is 15.4. The first-order valence-electron chi connectivity index (χ1n) is 8.77. The Bertz CT molecular complexity index is 760. The molecule has 0 radical (unpaired) electrons. The molecule has 0 saturated heterocycles. The molecule has 3 heterocycles. The highest BCUT2D eigenvalue weighted by atomic mass is 16.2. The molecule has 1 amide bonds. The predicted molar refractivity (Wildman–Crippen MR) is 98.2 cm³/mol. The summed E-state index contributed by atoms with van der Waals surface area (Å²) in [6, 6.07) is 3.82. The van der Waals surface area contributed by atoms with Crippen molar-refractivity contribution in [3.63, 3.8) is 0 Å². The molecule has 3 rings (SSSR count). The van der Waals surface area contributed by atoms with Crippen molar-refractivity contribution < 1.29 is 4.79 Å². The van der Waals surface area contributed by atoms with Gasteiger partial charge in [-0.2, -0.15) is 0 Å². The van der Waals surface area contributed by atoms with Crippen molar-refractivity contribution in [2.45, 2.75) is 33.2 Å². The minimum atomic E-state index is 0.0522. The highest BCUT2D eigenvalue weighted by Crippen LogP contribution is 2.29. The number of hydrogen-bond donors (Lipinski definition) is 0. The average molecular weight is 339 g/mol. The molecule has 2 aromatic rings. The number of fused-ring (bicyclic) bond motifs is 1. The number of nitrogens with zero attached hydrogens (tertiary/aromatic N) is 5. The molecule has 0 aromatic carbocycles. The molecule has 0 bridgehead atoms. The summed E-state index contributed by atoms with van der Waals surface area (Å²) >= 11 is 0. The quantitative estimate of drug-likeness (QED) is 0.856. The van der Waals surface area contributed by atoms with Crippen molar-refractivity contribution in [3.05, 3.63) is 35.8 Å². The van der Waals surface area contributed by atoms with E-state index in [0.717, 1.165) is 42.0 Å². The maximum absolute atomic E-state index is 12.6. The zero-order valence-electron chi connectivity index (χ0n) is 15.4. The second-order valence-corrected chi connectivity index (χ2v) is 6.75. The Kier molecular flexibility index (Phi) is 4.97. The average Bonchev–Trinajstić information content (AvgIpc) is 2.65. The normalized spacial score (nSPS) is 14.8. The number of hydrogen-bond acceptors (Lipinski definition) is 5. The Morgan fingerprint density at radius 1 is 1.28 bits per heavy atom. The maximum atomic E-state index is 12.6. The van der Waals surface area contributed by atoms with E-state index in [0.29, 0.717) is 12.4 Å². The van der Waals surface area contributed by atoms with Gasteiger partial charge in [0.2, 0.25) is 5.91 Å². The van der Waals surface area contributed by atoms with Gasteiger partial charge in [-0.15, -0.1) is 0 Å². The number of pyridine rings is 1. The van der Waals surface area contributed by atoms with Crippen LogP contribution in [0.5, 0.6) is 0 Å². The lowest BCUT2D eigenvalue weighted by atomic mass is 10.0. The molecule has 6 nitrogen and oxygen atoms in total. The SMILES string of the molecule is CC[C@@H](C)C(=O)N1CCc2c(nc(-c3ccncc3)nc2N(C)C)C1. The molecule has 1 atom stereocenters. The first-order valence-corrected chi connectivity index (χ1v) is 8.77. The fourth-order valence-electron chi connectivity index (χ4n) is 3.09. The molecule has 0 unspecified atom stereocenters. The van der Waals surface area contributed by atoms with Gasteiger partial charge in [-0.3, -0.25) is 9.78 Å². The standard InChI is InChI=1S/C19H25N5O/c1-5-13(2)19(25)24-11-8-15-16(12-24)21-17(22-18(15)23(3)4)14-6-9-20-10-7-14/h6-7,9-10,13H,5,8,11-12H2,1-4H3/t13-/m1/s1. The third-order valence-electron chi connectivity index (χ3n) is 4.75. The van der Waals surface area contributed by atoms with Crippen molar-refractivity contribution in [1.29, 1.82) is 0 Å². The van der Waals surface area contributed by atoms with E-state index in [4.69, 9.17) is 9.97 Å². The minimum absolute atomic E-state index is 0.0522. The Morgan fingerprint density at radius 2 is 2.00 bits per heavy atom. The Labute approximate surface area is 148 Å². The van der Waals surface area contributed by atoms with Gasteiger partial charge >= 0.3 is 0 Å². The zero-order chi connectivity index (χ0) is 18.0. The van der Waals surface area contributed by atoms with Gasteiger partial charge in [-0.25, -0.2) is 9.97 Å². The summed E-state index contributed by atoms with van der Waals surface area (Å²) in [6.07, 6.45) is 5.14. The molecule has 0 spiro atoms. The van der Waals surface area contributed by atoms with Crippen LogP contribution in [-0.2, 0) is 17.8 Å². The van der Waals surface area contributed by atoms with Gasteiger partial charge in [0.15, 0.2) is 5.82 Å². The first kappa shape index (κ1) is 17.3. The molecule has 1 aliphatic rings. The lowest BCUT2D eigenvalue weighted by Gasteiger charge is -2.32. The maximum Gasteiger partial charge on any atom is 0.225 e. The van der Waals surface area contributed by atoms with Gasteiger partial charge in [0.25, 0.3) is 0 Å². The van der Waals surface area contributed by atoms with E-state index >= 15 is 0 Å². The second-order valence-electron chi connectivity index (χ2n) is 6.75. The second kappa shape index (κ2) is 7.17. The summed E-state index contributed by atoms with van der Waals surface area (Å²) in [5.41, 5.74) is 3.04. The van der Waals surface area contributed by atoms with Crippen molar-refractivity contribution in [2.24, 2.45) is 5.92 Å². The smallest absolute Gasteiger partial charge is 0.225 e.